The van der Waals surface area contributed by atoms with Crippen molar-refractivity contribution in [1.82, 2.24) is 20.2 Å². The van der Waals surface area contributed by atoms with Crippen molar-refractivity contribution in [1.29, 1.82) is 0 Å². The molecule has 6 atom stereocenters. The number of hydrogen-bond donors (Lipinski definition) is 1. The zero-order chi connectivity index (χ0) is 31.1. The Morgan fingerprint density at radius 3 is 2.56 bits per heavy atom. The predicted octanol–water partition coefficient (Wildman–Crippen LogP) is 4.24. The number of Topliss-reactive ketones (excluding diaryl/α,β-unsaturated/α-hetero) is 1. The highest BCUT2D eigenvalue weighted by Gasteiger charge is 2.54. The lowest BCUT2D eigenvalue weighted by Crippen LogP contribution is -2.57. The number of benzene rings is 1. The number of aryl methyl sites for hydroxylation is 1. The molecule has 1 aliphatic carbocycles. The summed E-state index contributed by atoms with van der Waals surface area (Å²) in [6, 6.07) is 3.68. The summed E-state index contributed by atoms with van der Waals surface area (Å²) in [5, 5.41) is 2.84. The van der Waals surface area contributed by atoms with Crippen LogP contribution in [0.3, 0.4) is 0 Å². The van der Waals surface area contributed by atoms with E-state index in [0.717, 1.165) is 43.3 Å². The van der Waals surface area contributed by atoms with E-state index in [1.165, 1.54) is 18.9 Å². The second-order valence-electron chi connectivity index (χ2n) is 13.4. The Kier molecular flexibility index (Phi) is 8.57. The minimum absolute atomic E-state index is 0.0714. The number of fused-ring (bicyclic) bond motifs is 5. The number of rotatable bonds is 3. The highest BCUT2D eigenvalue weighted by Crippen LogP contribution is 2.49. The minimum atomic E-state index is -0.943. The topological polar surface area (TPSA) is 129 Å². The molecule has 3 heterocycles. The Hall–Kier alpha value is -3.47. The van der Waals surface area contributed by atoms with Gasteiger partial charge in [-0.2, -0.15) is 0 Å². The highest BCUT2D eigenvalue weighted by atomic mass is 16.6. The summed E-state index contributed by atoms with van der Waals surface area (Å²) in [6.07, 6.45) is 3.17. The first-order valence-electron chi connectivity index (χ1n) is 15.2. The number of ether oxygens (including phenoxy) is 4. The molecule has 0 radical (unpaired) electrons. The standard InChI is InChI=1S/C32H44N4O7/c1-18(37)25-26(41-7)24-17-36(25)29(38)27(31(2,3)4)35-30(39)43-32(5)16-19(32)11-9-8-10-12-22-28(42-24)34-23-15-20(40-6)13-14-21(23)33-22/h13-15,19,24-27H,8-12,16-17H2,1-7H3,(H,35,39)/t19-,24+,25-,26-,27-,32-/m1/s1. The van der Waals surface area contributed by atoms with Crippen molar-refractivity contribution in [3.8, 4) is 11.6 Å². The Bertz CT molecular complexity index is 1390. The van der Waals surface area contributed by atoms with E-state index < -0.39 is 47.3 Å². The van der Waals surface area contributed by atoms with Crippen LogP contribution in [0.1, 0.15) is 72.4 Å². The molecule has 0 spiro atoms. The number of amides is 2. The van der Waals surface area contributed by atoms with Crippen LogP contribution in [0.2, 0.25) is 0 Å². The van der Waals surface area contributed by atoms with Gasteiger partial charge in [-0.25, -0.2) is 14.8 Å². The van der Waals surface area contributed by atoms with E-state index in [1.807, 2.05) is 39.8 Å². The summed E-state index contributed by atoms with van der Waals surface area (Å²) in [4.78, 5) is 51.5. The lowest BCUT2D eigenvalue weighted by atomic mass is 9.85. The molecule has 2 bridgehead atoms. The van der Waals surface area contributed by atoms with Gasteiger partial charge in [-0.1, -0.05) is 33.6 Å². The summed E-state index contributed by atoms with van der Waals surface area (Å²) >= 11 is 0. The molecule has 43 heavy (non-hydrogen) atoms. The van der Waals surface area contributed by atoms with Crippen LogP contribution in [-0.2, 0) is 25.5 Å². The van der Waals surface area contributed by atoms with E-state index in [1.54, 1.807) is 13.2 Å². The SMILES string of the molecule is COc1ccc2nc3c(nc2c1)O[C@H]1CN(C(=O)[C@H](C(C)(C)C)NC(=O)O[C@]2(C)C[C@H]2CCCCC3)[C@H](C(C)=O)[C@@H]1OC. The molecular formula is C32H44N4O7. The fourth-order valence-corrected chi connectivity index (χ4v) is 6.43. The van der Waals surface area contributed by atoms with E-state index in [2.05, 4.69) is 5.32 Å². The number of methoxy groups -OCH3 is 2. The molecule has 2 aliphatic heterocycles. The minimum Gasteiger partial charge on any atom is -0.497 e. The molecule has 1 saturated carbocycles. The molecule has 5 rings (SSSR count). The molecule has 1 aromatic heterocycles. The maximum absolute atomic E-state index is 14.2. The van der Waals surface area contributed by atoms with Gasteiger partial charge in [0.2, 0.25) is 11.8 Å². The first kappa shape index (κ1) is 31.0. The molecule has 2 aromatic rings. The number of nitrogens with zero attached hydrogens (tertiary/aromatic N) is 3. The van der Waals surface area contributed by atoms with Crippen LogP contribution < -0.4 is 14.8 Å². The van der Waals surface area contributed by atoms with E-state index in [0.29, 0.717) is 23.6 Å². The van der Waals surface area contributed by atoms with Crippen molar-refractivity contribution in [2.24, 2.45) is 11.3 Å². The average Bonchev–Trinajstić information content (AvgIpc) is 3.41. The van der Waals surface area contributed by atoms with Crippen LogP contribution in [0, 0.1) is 11.3 Å². The van der Waals surface area contributed by atoms with E-state index in [9.17, 15) is 14.4 Å². The summed E-state index contributed by atoms with van der Waals surface area (Å²) in [5.41, 5.74) is 0.853. The molecule has 11 nitrogen and oxygen atoms in total. The number of aromatic nitrogens is 2. The predicted molar refractivity (Wildman–Crippen MR) is 159 cm³/mol. The van der Waals surface area contributed by atoms with Gasteiger partial charge >= 0.3 is 6.09 Å². The highest BCUT2D eigenvalue weighted by molar-refractivity contribution is 5.93. The maximum Gasteiger partial charge on any atom is 0.408 e. The van der Waals surface area contributed by atoms with E-state index in [-0.39, 0.29) is 18.2 Å². The maximum atomic E-state index is 14.2. The normalized spacial score (nSPS) is 30.2. The van der Waals surface area contributed by atoms with Gasteiger partial charge in [-0.15, -0.1) is 0 Å². The van der Waals surface area contributed by atoms with Crippen molar-refractivity contribution < 1.29 is 33.3 Å². The van der Waals surface area contributed by atoms with Gasteiger partial charge in [0.1, 0.15) is 41.3 Å². The average molecular weight is 597 g/mol. The van der Waals surface area contributed by atoms with Crippen molar-refractivity contribution in [3.63, 3.8) is 0 Å². The lowest BCUT2D eigenvalue weighted by Gasteiger charge is -2.35. The number of carbonyl (C=O) groups excluding carboxylic acids is 3. The lowest BCUT2D eigenvalue weighted by molar-refractivity contribution is -0.143. The van der Waals surface area contributed by atoms with Gasteiger partial charge in [0.05, 0.1) is 24.7 Å². The first-order valence-corrected chi connectivity index (χ1v) is 15.2. The number of alkyl carbamates (subject to hydrolysis) is 1. The summed E-state index contributed by atoms with van der Waals surface area (Å²) in [5.74, 6) is 0.645. The van der Waals surface area contributed by atoms with Crippen molar-refractivity contribution in [2.75, 3.05) is 20.8 Å². The third kappa shape index (κ3) is 6.41. The fourth-order valence-electron chi connectivity index (χ4n) is 6.43. The third-order valence-electron chi connectivity index (χ3n) is 9.05. The van der Waals surface area contributed by atoms with E-state index in [4.69, 9.17) is 28.9 Å². The van der Waals surface area contributed by atoms with Crippen LogP contribution >= 0.6 is 0 Å². The first-order chi connectivity index (χ1) is 20.3. The zero-order valence-electron chi connectivity index (χ0n) is 26.3. The van der Waals surface area contributed by atoms with Gasteiger partial charge in [0.15, 0.2) is 5.78 Å². The zero-order valence-corrected chi connectivity index (χ0v) is 26.3. The molecular weight excluding hydrogens is 552 g/mol. The van der Waals surface area contributed by atoms with Gasteiger partial charge in [0.25, 0.3) is 0 Å². The quantitative estimate of drug-likeness (QED) is 0.553. The number of ketones is 1. The smallest absolute Gasteiger partial charge is 0.408 e. The Labute approximate surface area is 253 Å². The fraction of sp³-hybridized carbons (Fsp3) is 0.656. The molecule has 2 amide bonds. The molecule has 1 aromatic carbocycles. The number of nitrogens with one attached hydrogen (secondary N) is 1. The second-order valence-corrected chi connectivity index (χ2v) is 13.4. The molecule has 3 aliphatic rings. The summed E-state index contributed by atoms with van der Waals surface area (Å²) in [7, 11) is 3.10. The molecule has 1 saturated heterocycles. The second kappa shape index (κ2) is 11.9. The Morgan fingerprint density at radius 1 is 1.12 bits per heavy atom. The molecule has 11 heteroatoms. The van der Waals surface area contributed by atoms with Crippen molar-refractivity contribution >= 4 is 28.8 Å². The number of hydrogen-bond acceptors (Lipinski definition) is 9. The van der Waals surface area contributed by atoms with Crippen LogP contribution in [0.15, 0.2) is 18.2 Å². The van der Waals surface area contributed by atoms with E-state index >= 15 is 0 Å². The third-order valence-corrected chi connectivity index (χ3v) is 9.05. The summed E-state index contributed by atoms with van der Waals surface area (Å²) in [6.45, 7) is 9.07. The molecule has 2 fully saturated rings. The molecule has 1 N–H and O–H groups in total. The number of carbonyl (C=O) groups is 3. The van der Waals surface area contributed by atoms with Crippen LogP contribution in [0.4, 0.5) is 4.79 Å². The van der Waals surface area contributed by atoms with Crippen molar-refractivity contribution in [2.45, 2.75) is 103 Å². The largest absolute Gasteiger partial charge is 0.497 e. The van der Waals surface area contributed by atoms with Crippen LogP contribution in [-0.4, -0.2) is 83.3 Å². The van der Waals surface area contributed by atoms with Gasteiger partial charge in [-0.3, -0.25) is 9.59 Å². The Morgan fingerprint density at radius 2 is 1.88 bits per heavy atom. The Balaban J connectivity index is 1.54. The van der Waals surface area contributed by atoms with Crippen molar-refractivity contribution in [3.05, 3.63) is 23.9 Å². The summed E-state index contributed by atoms with van der Waals surface area (Å²) < 4.78 is 23.6. The van der Waals surface area contributed by atoms with Gasteiger partial charge in [-0.05, 0) is 57.1 Å². The van der Waals surface area contributed by atoms with Crippen LogP contribution in [0.25, 0.3) is 11.0 Å². The molecule has 0 unspecified atom stereocenters. The molecule has 234 valence electrons. The van der Waals surface area contributed by atoms with Gasteiger partial charge < -0.3 is 29.2 Å². The monoisotopic (exact) mass is 596 g/mol. The van der Waals surface area contributed by atoms with Crippen LogP contribution in [0.5, 0.6) is 11.6 Å². The van der Waals surface area contributed by atoms with Gasteiger partial charge in [0, 0.05) is 19.1 Å².